The highest BCUT2D eigenvalue weighted by Crippen LogP contribution is 2.18. The second-order valence-electron chi connectivity index (χ2n) is 3.30. The monoisotopic (exact) mass is 228 g/mol. The standard InChI is InChI=1S/C13H9FN2O/c14-12-9-11(13-15-6-2-7-16-13)5-4-10(12)3-1-8-17/h1-9H/b3-1+. The summed E-state index contributed by atoms with van der Waals surface area (Å²) in [6.07, 6.45) is 6.46. The summed E-state index contributed by atoms with van der Waals surface area (Å²) in [6.45, 7) is 0. The fourth-order valence-electron chi connectivity index (χ4n) is 1.39. The molecule has 0 atom stereocenters. The average Bonchev–Trinajstić information content (AvgIpc) is 2.38. The van der Waals surface area contributed by atoms with Crippen molar-refractivity contribution < 1.29 is 9.18 Å². The lowest BCUT2D eigenvalue weighted by molar-refractivity contribution is -0.104. The molecule has 2 aromatic rings. The molecule has 0 radical (unpaired) electrons. The summed E-state index contributed by atoms with van der Waals surface area (Å²) < 4.78 is 13.6. The molecule has 0 N–H and O–H groups in total. The quantitative estimate of drug-likeness (QED) is 0.598. The number of benzene rings is 1. The SMILES string of the molecule is O=C/C=C/c1ccc(-c2ncccn2)cc1F. The highest BCUT2D eigenvalue weighted by Gasteiger charge is 2.04. The summed E-state index contributed by atoms with van der Waals surface area (Å²) in [5, 5.41) is 0. The Morgan fingerprint density at radius 2 is 1.94 bits per heavy atom. The van der Waals surface area contributed by atoms with Crippen LogP contribution in [0.1, 0.15) is 5.56 Å². The molecule has 1 aromatic heterocycles. The van der Waals surface area contributed by atoms with Crippen LogP contribution < -0.4 is 0 Å². The van der Waals surface area contributed by atoms with Crippen molar-refractivity contribution in [2.75, 3.05) is 0 Å². The summed E-state index contributed by atoms with van der Waals surface area (Å²) >= 11 is 0. The van der Waals surface area contributed by atoms with Gasteiger partial charge in [-0.3, -0.25) is 4.79 Å². The van der Waals surface area contributed by atoms with Crippen molar-refractivity contribution in [3.63, 3.8) is 0 Å². The fourth-order valence-corrected chi connectivity index (χ4v) is 1.39. The number of aldehydes is 1. The van der Waals surface area contributed by atoms with Gasteiger partial charge in [0.15, 0.2) is 5.82 Å². The fraction of sp³-hybridized carbons (Fsp3) is 0. The lowest BCUT2D eigenvalue weighted by Crippen LogP contribution is -1.89. The Hall–Kier alpha value is -2.36. The number of carbonyl (C=O) groups is 1. The molecule has 0 aliphatic carbocycles. The number of aromatic nitrogens is 2. The first-order valence-electron chi connectivity index (χ1n) is 5.00. The van der Waals surface area contributed by atoms with Crippen LogP contribution in [0, 0.1) is 5.82 Å². The first-order valence-corrected chi connectivity index (χ1v) is 5.00. The number of halogens is 1. The number of rotatable bonds is 3. The molecular weight excluding hydrogens is 219 g/mol. The third-order valence-corrected chi connectivity index (χ3v) is 2.18. The van der Waals surface area contributed by atoms with Gasteiger partial charge < -0.3 is 0 Å². The van der Waals surface area contributed by atoms with Crippen molar-refractivity contribution in [1.29, 1.82) is 0 Å². The van der Waals surface area contributed by atoms with Crippen LogP contribution in [0.4, 0.5) is 4.39 Å². The van der Waals surface area contributed by atoms with E-state index in [0.29, 0.717) is 23.2 Å². The van der Waals surface area contributed by atoms with Gasteiger partial charge in [0.05, 0.1) is 0 Å². The molecule has 0 fully saturated rings. The summed E-state index contributed by atoms with van der Waals surface area (Å²) in [5.41, 5.74) is 0.961. The van der Waals surface area contributed by atoms with Gasteiger partial charge in [-0.1, -0.05) is 12.1 Å². The molecular formula is C13H9FN2O. The van der Waals surface area contributed by atoms with Gasteiger partial charge in [-0.25, -0.2) is 14.4 Å². The minimum atomic E-state index is -0.409. The van der Waals surface area contributed by atoms with Crippen molar-refractivity contribution in [1.82, 2.24) is 9.97 Å². The van der Waals surface area contributed by atoms with E-state index in [1.165, 1.54) is 18.2 Å². The summed E-state index contributed by atoms with van der Waals surface area (Å²) in [7, 11) is 0. The molecule has 4 heteroatoms. The molecule has 84 valence electrons. The van der Waals surface area contributed by atoms with E-state index in [4.69, 9.17) is 0 Å². The largest absolute Gasteiger partial charge is 0.299 e. The van der Waals surface area contributed by atoms with Gasteiger partial charge >= 0.3 is 0 Å². The lowest BCUT2D eigenvalue weighted by Gasteiger charge is -2.01. The molecule has 0 saturated heterocycles. The van der Waals surface area contributed by atoms with E-state index in [1.54, 1.807) is 30.6 Å². The minimum absolute atomic E-state index is 0.358. The molecule has 3 nitrogen and oxygen atoms in total. The molecule has 2 rings (SSSR count). The molecule has 0 aliphatic heterocycles. The van der Waals surface area contributed by atoms with Crippen LogP contribution in [0.5, 0.6) is 0 Å². The highest BCUT2D eigenvalue weighted by atomic mass is 19.1. The zero-order valence-corrected chi connectivity index (χ0v) is 8.88. The molecule has 0 amide bonds. The third-order valence-electron chi connectivity index (χ3n) is 2.18. The molecule has 17 heavy (non-hydrogen) atoms. The number of allylic oxidation sites excluding steroid dienone is 1. The van der Waals surface area contributed by atoms with Crippen LogP contribution in [0.2, 0.25) is 0 Å². The second kappa shape index (κ2) is 5.12. The van der Waals surface area contributed by atoms with Crippen molar-refractivity contribution in [3.05, 3.63) is 54.1 Å². The Kier molecular flexibility index (Phi) is 3.35. The Balaban J connectivity index is 2.37. The Labute approximate surface area is 97.7 Å². The molecule has 0 spiro atoms. The van der Waals surface area contributed by atoms with Gasteiger partial charge in [-0.2, -0.15) is 0 Å². The van der Waals surface area contributed by atoms with Crippen molar-refractivity contribution in [2.24, 2.45) is 0 Å². The van der Waals surface area contributed by atoms with E-state index >= 15 is 0 Å². The zero-order valence-electron chi connectivity index (χ0n) is 8.88. The van der Waals surface area contributed by atoms with Crippen LogP contribution in [-0.4, -0.2) is 16.3 Å². The summed E-state index contributed by atoms with van der Waals surface area (Å²) in [4.78, 5) is 18.2. The first kappa shape index (κ1) is 11.1. The van der Waals surface area contributed by atoms with Gasteiger partial charge in [-0.05, 0) is 24.3 Å². The van der Waals surface area contributed by atoms with Gasteiger partial charge in [0.1, 0.15) is 12.1 Å². The topological polar surface area (TPSA) is 42.9 Å². The van der Waals surface area contributed by atoms with Crippen LogP contribution >= 0.6 is 0 Å². The number of hydrogen-bond acceptors (Lipinski definition) is 3. The van der Waals surface area contributed by atoms with E-state index in [2.05, 4.69) is 9.97 Å². The van der Waals surface area contributed by atoms with Crippen LogP contribution in [0.3, 0.4) is 0 Å². The maximum atomic E-state index is 13.6. The van der Waals surface area contributed by atoms with Crippen molar-refractivity contribution in [3.8, 4) is 11.4 Å². The van der Waals surface area contributed by atoms with E-state index in [0.717, 1.165) is 0 Å². The van der Waals surface area contributed by atoms with E-state index in [-0.39, 0.29) is 0 Å². The van der Waals surface area contributed by atoms with Gasteiger partial charge in [0.2, 0.25) is 0 Å². The predicted molar refractivity (Wildman–Crippen MR) is 62.5 cm³/mol. The minimum Gasteiger partial charge on any atom is -0.299 e. The maximum absolute atomic E-state index is 13.6. The summed E-state index contributed by atoms with van der Waals surface area (Å²) in [6, 6.07) is 6.34. The average molecular weight is 228 g/mol. The van der Waals surface area contributed by atoms with Crippen LogP contribution in [-0.2, 0) is 4.79 Å². The zero-order chi connectivity index (χ0) is 12.1. The molecule has 1 aromatic carbocycles. The first-order chi connectivity index (χ1) is 8.31. The molecule has 1 heterocycles. The lowest BCUT2D eigenvalue weighted by atomic mass is 10.1. The van der Waals surface area contributed by atoms with Crippen LogP contribution in [0.25, 0.3) is 17.5 Å². The number of nitrogens with zero attached hydrogens (tertiary/aromatic N) is 2. The normalized spacial score (nSPS) is 10.6. The van der Waals surface area contributed by atoms with Gasteiger partial charge in [0, 0.05) is 23.5 Å². The van der Waals surface area contributed by atoms with Gasteiger partial charge in [0.25, 0.3) is 0 Å². The maximum Gasteiger partial charge on any atom is 0.159 e. The van der Waals surface area contributed by atoms with Crippen LogP contribution in [0.15, 0.2) is 42.7 Å². The van der Waals surface area contributed by atoms with E-state index in [1.807, 2.05) is 0 Å². The Bertz CT molecular complexity index is 553. The van der Waals surface area contributed by atoms with Crippen molar-refractivity contribution >= 4 is 12.4 Å². The molecule has 0 saturated carbocycles. The van der Waals surface area contributed by atoms with Crippen molar-refractivity contribution in [2.45, 2.75) is 0 Å². The third kappa shape index (κ3) is 2.60. The molecule has 0 aliphatic rings. The second-order valence-corrected chi connectivity index (χ2v) is 3.30. The van der Waals surface area contributed by atoms with E-state index in [9.17, 15) is 9.18 Å². The van der Waals surface area contributed by atoms with Gasteiger partial charge in [-0.15, -0.1) is 0 Å². The Morgan fingerprint density at radius 1 is 1.18 bits per heavy atom. The highest BCUT2D eigenvalue weighted by molar-refractivity contribution is 5.74. The molecule has 0 unspecified atom stereocenters. The number of hydrogen-bond donors (Lipinski definition) is 0. The number of carbonyl (C=O) groups excluding carboxylic acids is 1. The summed E-state index contributed by atoms with van der Waals surface area (Å²) in [5.74, 6) is 0.0605. The Morgan fingerprint density at radius 3 is 2.59 bits per heavy atom. The predicted octanol–water partition coefficient (Wildman–Crippen LogP) is 2.49. The van der Waals surface area contributed by atoms with E-state index < -0.39 is 5.82 Å². The molecule has 0 bridgehead atoms. The smallest absolute Gasteiger partial charge is 0.159 e.